The lowest BCUT2D eigenvalue weighted by molar-refractivity contribution is 0.0797. The molecule has 0 saturated heterocycles. The molecular weight excluding hydrogens is 304 g/mol. The van der Waals surface area contributed by atoms with Gasteiger partial charge in [0.15, 0.2) is 0 Å². The van der Waals surface area contributed by atoms with Crippen molar-refractivity contribution in [2.75, 3.05) is 0 Å². The van der Waals surface area contributed by atoms with Crippen LogP contribution in [0.5, 0.6) is 0 Å². The first-order chi connectivity index (χ1) is 11.4. The van der Waals surface area contributed by atoms with E-state index in [1.807, 2.05) is 45.0 Å². The SMILES string of the molecule is CC(C)(C)NC(=O)OC(c1cc(CO)cc2cccnc12)C1CC1. The Morgan fingerprint density at radius 3 is 2.79 bits per heavy atom. The standard InChI is InChI=1S/C19H24N2O3/c1-19(2,3)21-18(23)24-17(13-6-7-13)15-10-12(11-22)9-14-5-4-8-20-16(14)15/h4-5,8-10,13,17,22H,6-7,11H2,1-3H3,(H,21,23). The summed E-state index contributed by atoms with van der Waals surface area (Å²) in [6.07, 6.45) is 3.05. The van der Waals surface area contributed by atoms with E-state index in [2.05, 4.69) is 10.3 Å². The van der Waals surface area contributed by atoms with Crippen molar-refractivity contribution < 1.29 is 14.6 Å². The van der Waals surface area contributed by atoms with Crippen LogP contribution in [0.25, 0.3) is 10.9 Å². The summed E-state index contributed by atoms with van der Waals surface area (Å²) < 4.78 is 5.77. The third-order valence-corrected chi connectivity index (χ3v) is 4.04. The summed E-state index contributed by atoms with van der Waals surface area (Å²) in [5.74, 6) is 0.315. The molecule has 1 saturated carbocycles. The number of aromatic nitrogens is 1. The highest BCUT2D eigenvalue weighted by molar-refractivity contribution is 5.83. The van der Waals surface area contributed by atoms with Crippen LogP contribution in [-0.4, -0.2) is 21.7 Å². The van der Waals surface area contributed by atoms with Crippen molar-refractivity contribution in [1.82, 2.24) is 10.3 Å². The molecule has 2 N–H and O–H groups in total. The molecule has 1 aliphatic rings. The number of aliphatic hydroxyl groups excluding tert-OH is 1. The van der Waals surface area contributed by atoms with E-state index in [-0.39, 0.29) is 18.2 Å². The Morgan fingerprint density at radius 1 is 1.42 bits per heavy atom. The van der Waals surface area contributed by atoms with E-state index >= 15 is 0 Å². The Hall–Kier alpha value is -2.14. The number of rotatable bonds is 4. The molecule has 1 aromatic carbocycles. The number of nitrogens with one attached hydrogen (secondary N) is 1. The summed E-state index contributed by atoms with van der Waals surface area (Å²) in [6.45, 7) is 5.71. The molecule has 3 rings (SSSR count). The fourth-order valence-corrected chi connectivity index (χ4v) is 2.86. The maximum atomic E-state index is 12.3. The Balaban J connectivity index is 1.97. The van der Waals surface area contributed by atoms with Crippen molar-refractivity contribution in [2.45, 2.75) is 51.9 Å². The van der Waals surface area contributed by atoms with E-state index < -0.39 is 6.09 Å². The zero-order chi connectivity index (χ0) is 17.3. The molecular formula is C19H24N2O3. The highest BCUT2D eigenvalue weighted by Gasteiger charge is 2.37. The van der Waals surface area contributed by atoms with Crippen LogP contribution >= 0.6 is 0 Å². The Bertz CT molecular complexity index is 748. The van der Waals surface area contributed by atoms with Crippen molar-refractivity contribution in [3.8, 4) is 0 Å². The molecule has 2 aromatic rings. The lowest BCUT2D eigenvalue weighted by Crippen LogP contribution is -2.41. The largest absolute Gasteiger partial charge is 0.441 e. The van der Waals surface area contributed by atoms with E-state index in [1.54, 1.807) is 6.20 Å². The predicted octanol–water partition coefficient (Wildman–Crippen LogP) is 3.70. The summed E-state index contributed by atoms with van der Waals surface area (Å²) in [5, 5.41) is 13.3. The van der Waals surface area contributed by atoms with Crippen LogP contribution in [0.2, 0.25) is 0 Å². The highest BCUT2D eigenvalue weighted by atomic mass is 16.6. The van der Waals surface area contributed by atoms with Crippen LogP contribution in [0.3, 0.4) is 0 Å². The van der Waals surface area contributed by atoms with Gasteiger partial charge in [-0.3, -0.25) is 4.98 Å². The molecule has 5 nitrogen and oxygen atoms in total. The van der Waals surface area contributed by atoms with Crippen molar-refractivity contribution in [3.63, 3.8) is 0 Å². The topological polar surface area (TPSA) is 71.5 Å². The fraction of sp³-hybridized carbons (Fsp3) is 0.474. The number of hydrogen-bond donors (Lipinski definition) is 2. The highest BCUT2D eigenvalue weighted by Crippen LogP contribution is 2.45. The van der Waals surface area contributed by atoms with Gasteiger partial charge in [-0.05, 0) is 57.4 Å². The van der Waals surface area contributed by atoms with Crippen LogP contribution in [0.1, 0.15) is 50.8 Å². The molecule has 1 amide bonds. The second-order valence-corrected chi connectivity index (χ2v) is 7.46. The maximum Gasteiger partial charge on any atom is 0.408 e. The minimum Gasteiger partial charge on any atom is -0.441 e. The second-order valence-electron chi connectivity index (χ2n) is 7.46. The fourth-order valence-electron chi connectivity index (χ4n) is 2.86. The monoisotopic (exact) mass is 328 g/mol. The maximum absolute atomic E-state index is 12.3. The number of pyridine rings is 1. The van der Waals surface area contributed by atoms with Gasteiger partial charge in [0, 0.05) is 28.6 Å². The molecule has 128 valence electrons. The number of amides is 1. The van der Waals surface area contributed by atoms with Crippen molar-refractivity contribution in [1.29, 1.82) is 0 Å². The van der Waals surface area contributed by atoms with E-state index in [0.29, 0.717) is 5.92 Å². The second kappa shape index (κ2) is 6.40. The van der Waals surface area contributed by atoms with Crippen LogP contribution in [-0.2, 0) is 11.3 Å². The van der Waals surface area contributed by atoms with Gasteiger partial charge in [0.2, 0.25) is 0 Å². The molecule has 1 atom stereocenters. The first-order valence-corrected chi connectivity index (χ1v) is 8.34. The molecule has 0 bridgehead atoms. The van der Waals surface area contributed by atoms with Gasteiger partial charge in [-0.2, -0.15) is 0 Å². The molecule has 5 heteroatoms. The number of alkyl carbamates (subject to hydrolysis) is 1. The molecule has 1 aliphatic carbocycles. The van der Waals surface area contributed by atoms with Gasteiger partial charge in [0.05, 0.1) is 12.1 Å². The normalized spacial score (nSPS) is 16.0. The van der Waals surface area contributed by atoms with Gasteiger partial charge in [0.1, 0.15) is 6.10 Å². The lowest BCUT2D eigenvalue weighted by atomic mass is 9.98. The molecule has 24 heavy (non-hydrogen) atoms. The van der Waals surface area contributed by atoms with Crippen molar-refractivity contribution in [3.05, 3.63) is 41.6 Å². The summed E-state index contributed by atoms with van der Waals surface area (Å²) in [6, 6.07) is 7.66. The number of carbonyl (C=O) groups excluding carboxylic acids is 1. The van der Waals surface area contributed by atoms with Crippen LogP contribution in [0, 0.1) is 5.92 Å². The average Bonchev–Trinajstić information content (AvgIpc) is 3.34. The van der Waals surface area contributed by atoms with Gasteiger partial charge in [-0.15, -0.1) is 0 Å². The smallest absolute Gasteiger partial charge is 0.408 e. The predicted molar refractivity (Wildman–Crippen MR) is 92.5 cm³/mol. The molecule has 0 radical (unpaired) electrons. The number of fused-ring (bicyclic) bond motifs is 1. The third kappa shape index (κ3) is 3.85. The Kier molecular flexibility index (Phi) is 4.45. The molecule has 1 heterocycles. The van der Waals surface area contributed by atoms with Gasteiger partial charge in [-0.25, -0.2) is 4.79 Å². The lowest BCUT2D eigenvalue weighted by Gasteiger charge is -2.24. The first-order valence-electron chi connectivity index (χ1n) is 8.34. The number of aliphatic hydroxyl groups is 1. The summed E-state index contributed by atoms with van der Waals surface area (Å²) in [5.41, 5.74) is 2.16. The van der Waals surface area contributed by atoms with Crippen LogP contribution < -0.4 is 5.32 Å². The van der Waals surface area contributed by atoms with Gasteiger partial charge in [-0.1, -0.05) is 6.07 Å². The average molecular weight is 328 g/mol. The van der Waals surface area contributed by atoms with Gasteiger partial charge in [0.25, 0.3) is 0 Å². The van der Waals surface area contributed by atoms with E-state index in [1.165, 1.54) is 0 Å². The number of hydrogen-bond acceptors (Lipinski definition) is 4. The summed E-state index contributed by atoms with van der Waals surface area (Å²) in [4.78, 5) is 16.7. The Labute approximate surface area is 142 Å². The minimum absolute atomic E-state index is 0.0522. The van der Waals surface area contributed by atoms with Crippen molar-refractivity contribution in [2.24, 2.45) is 5.92 Å². The summed E-state index contributed by atoms with van der Waals surface area (Å²) in [7, 11) is 0. The Morgan fingerprint density at radius 2 is 2.17 bits per heavy atom. The van der Waals surface area contributed by atoms with Crippen molar-refractivity contribution >= 4 is 17.0 Å². The zero-order valence-electron chi connectivity index (χ0n) is 14.4. The van der Waals surface area contributed by atoms with E-state index in [0.717, 1.165) is 34.9 Å². The van der Waals surface area contributed by atoms with Crippen LogP contribution in [0.15, 0.2) is 30.5 Å². The molecule has 1 fully saturated rings. The number of benzene rings is 1. The molecule has 1 aromatic heterocycles. The van der Waals surface area contributed by atoms with Crippen LogP contribution in [0.4, 0.5) is 4.79 Å². The van der Waals surface area contributed by atoms with Gasteiger partial charge >= 0.3 is 6.09 Å². The minimum atomic E-state index is -0.419. The zero-order valence-corrected chi connectivity index (χ0v) is 14.4. The molecule has 1 unspecified atom stereocenters. The quantitative estimate of drug-likeness (QED) is 0.897. The number of nitrogens with zero attached hydrogens (tertiary/aromatic N) is 1. The molecule has 0 aliphatic heterocycles. The molecule has 0 spiro atoms. The van der Waals surface area contributed by atoms with E-state index in [4.69, 9.17) is 4.74 Å². The van der Waals surface area contributed by atoms with E-state index in [9.17, 15) is 9.90 Å². The first kappa shape index (κ1) is 16.7. The number of carbonyl (C=O) groups is 1. The summed E-state index contributed by atoms with van der Waals surface area (Å²) >= 11 is 0. The third-order valence-electron chi connectivity index (χ3n) is 4.04. The van der Waals surface area contributed by atoms with Gasteiger partial charge < -0.3 is 15.2 Å². The number of ether oxygens (including phenoxy) is 1.